The van der Waals surface area contributed by atoms with Crippen molar-refractivity contribution in [2.24, 2.45) is 0 Å². The van der Waals surface area contributed by atoms with Crippen LogP contribution in [0.25, 0.3) is 0 Å². The van der Waals surface area contributed by atoms with Crippen molar-refractivity contribution in [1.29, 1.82) is 0 Å². The number of piperidine rings is 1. The Labute approximate surface area is 101 Å². The summed E-state index contributed by atoms with van der Waals surface area (Å²) in [5.74, 6) is -0.0852. The normalized spacial score (nSPS) is 25.6. The Morgan fingerprint density at radius 2 is 1.65 bits per heavy atom. The van der Waals surface area contributed by atoms with E-state index in [1.165, 1.54) is 4.90 Å². The lowest BCUT2D eigenvalue weighted by atomic mass is 9.94. The number of hydrogen-bond donors (Lipinski definition) is 1. The maximum absolute atomic E-state index is 11.4. The molecule has 0 unspecified atom stereocenters. The van der Waals surface area contributed by atoms with Gasteiger partial charge in [0.25, 0.3) is 0 Å². The van der Waals surface area contributed by atoms with Crippen LogP contribution in [-0.2, 0) is 9.59 Å². The van der Waals surface area contributed by atoms with Crippen molar-refractivity contribution in [1.82, 2.24) is 9.80 Å². The van der Waals surface area contributed by atoms with Gasteiger partial charge in [0.15, 0.2) is 0 Å². The van der Waals surface area contributed by atoms with Gasteiger partial charge in [-0.2, -0.15) is 0 Å². The van der Waals surface area contributed by atoms with Crippen molar-refractivity contribution in [3.63, 3.8) is 0 Å². The fourth-order valence-electron chi connectivity index (χ4n) is 2.37. The Morgan fingerprint density at radius 3 is 2.18 bits per heavy atom. The third kappa shape index (κ3) is 3.04. The van der Waals surface area contributed by atoms with E-state index in [2.05, 4.69) is 4.90 Å². The van der Waals surface area contributed by atoms with E-state index in [9.17, 15) is 14.7 Å². The minimum absolute atomic E-state index is 0.0426. The summed E-state index contributed by atoms with van der Waals surface area (Å²) in [4.78, 5) is 26.4. The summed E-state index contributed by atoms with van der Waals surface area (Å²) in [5.41, 5.74) is -0.546. The molecule has 2 amide bonds. The smallest absolute Gasteiger partial charge is 0.229 e. The van der Waals surface area contributed by atoms with Gasteiger partial charge in [-0.05, 0) is 19.8 Å². The Kier molecular flexibility index (Phi) is 3.49. The molecule has 96 valence electrons. The number of hydrogen-bond acceptors (Lipinski definition) is 4. The third-order valence-corrected chi connectivity index (χ3v) is 3.73. The number of amides is 2. The van der Waals surface area contributed by atoms with Crippen LogP contribution in [0.5, 0.6) is 0 Å². The van der Waals surface area contributed by atoms with Gasteiger partial charge in [-0.1, -0.05) is 0 Å². The van der Waals surface area contributed by atoms with Crippen molar-refractivity contribution < 1.29 is 14.7 Å². The molecule has 2 rings (SSSR count). The molecule has 5 heteroatoms. The lowest BCUT2D eigenvalue weighted by Crippen LogP contribution is -2.45. The molecule has 0 aromatic heterocycles. The molecule has 0 aromatic carbocycles. The van der Waals surface area contributed by atoms with Crippen molar-refractivity contribution in [3.05, 3.63) is 0 Å². The van der Waals surface area contributed by atoms with E-state index in [-0.39, 0.29) is 11.8 Å². The molecule has 0 bridgehead atoms. The summed E-state index contributed by atoms with van der Waals surface area (Å²) < 4.78 is 0. The lowest BCUT2D eigenvalue weighted by Gasteiger charge is -2.36. The summed E-state index contributed by atoms with van der Waals surface area (Å²) in [5, 5.41) is 9.81. The number of rotatable bonds is 3. The number of imide groups is 1. The molecule has 2 aliphatic heterocycles. The number of carbonyl (C=O) groups excluding carboxylic acids is 2. The highest BCUT2D eigenvalue weighted by molar-refractivity contribution is 6.01. The van der Waals surface area contributed by atoms with E-state index in [1.54, 1.807) is 0 Å². The molecule has 5 nitrogen and oxygen atoms in total. The number of likely N-dealkylation sites (tertiary alicyclic amines) is 2. The zero-order chi connectivity index (χ0) is 12.5. The first-order valence-electron chi connectivity index (χ1n) is 6.26. The van der Waals surface area contributed by atoms with Gasteiger partial charge in [0, 0.05) is 39.0 Å². The first-order chi connectivity index (χ1) is 7.98. The molecular weight excluding hydrogens is 220 g/mol. The molecule has 1 N–H and O–H groups in total. The van der Waals surface area contributed by atoms with Crippen LogP contribution in [-0.4, -0.2) is 58.5 Å². The zero-order valence-electron chi connectivity index (χ0n) is 10.3. The quantitative estimate of drug-likeness (QED) is 0.704. The van der Waals surface area contributed by atoms with Gasteiger partial charge in [-0.25, -0.2) is 0 Å². The molecule has 17 heavy (non-hydrogen) atoms. The maximum Gasteiger partial charge on any atom is 0.229 e. The van der Waals surface area contributed by atoms with Gasteiger partial charge in [-0.3, -0.25) is 14.5 Å². The standard InChI is InChI=1S/C12H20N2O3/c1-12(17)4-6-13(7-5-12)8-9-14-10(15)2-3-11(14)16/h17H,2-9H2,1H3. The monoisotopic (exact) mass is 240 g/mol. The summed E-state index contributed by atoms with van der Waals surface area (Å²) >= 11 is 0. The average Bonchev–Trinajstić information content (AvgIpc) is 2.58. The van der Waals surface area contributed by atoms with Crippen molar-refractivity contribution >= 4 is 11.8 Å². The number of carbonyl (C=O) groups is 2. The minimum atomic E-state index is -0.546. The predicted molar refractivity (Wildman–Crippen MR) is 62.3 cm³/mol. The van der Waals surface area contributed by atoms with Crippen LogP contribution < -0.4 is 0 Å². The first-order valence-corrected chi connectivity index (χ1v) is 6.26. The third-order valence-electron chi connectivity index (χ3n) is 3.73. The van der Waals surface area contributed by atoms with Crippen LogP contribution in [0.2, 0.25) is 0 Å². The van der Waals surface area contributed by atoms with Crippen LogP contribution in [0.3, 0.4) is 0 Å². The molecule has 2 aliphatic rings. The van der Waals surface area contributed by atoms with Crippen molar-refractivity contribution in [2.75, 3.05) is 26.2 Å². The minimum Gasteiger partial charge on any atom is -0.390 e. The van der Waals surface area contributed by atoms with Gasteiger partial charge >= 0.3 is 0 Å². The van der Waals surface area contributed by atoms with E-state index < -0.39 is 5.60 Å². The molecule has 2 heterocycles. The van der Waals surface area contributed by atoms with Crippen LogP contribution in [0.15, 0.2) is 0 Å². The Hall–Kier alpha value is -0.940. The van der Waals surface area contributed by atoms with E-state index >= 15 is 0 Å². The highest BCUT2D eigenvalue weighted by Gasteiger charge is 2.31. The predicted octanol–water partition coefficient (Wildman–Crippen LogP) is -0.0178. The summed E-state index contributed by atoms with van der Waals surface area (Å²) in [6.07, 6.45) is 2.25. The molecular formula is C12H20N2O3. The van der Waals surface area contributed by atoms with Gasteiger partial charge < -0.3 is 10.0 Å². The topological polar surface area (TPSA) is 60.9 Å². The van der Waals surface area contributed by atoms with Crippen molar-refractivity contribution in [3.8, 4) is 0 Å². The van der Waals surface area contributed by atoms with E-state index in [0.717, 1.165) is 32.5 Å². The molecule has 2 fully saturated rings. The molecule has 0 radical (unpaired) electrons. The van der Waals surface area contributed by atoms with E-state index in [4.69, 9.17) is 0 Å². The SMILES string of the molecule is CC1(O)CCN(CCN2C(=O)CCC2=O)CC1. The van der Waals surface area contributed by atoms with Gasteiger partial charge in [0.05, 0.1) is 5.60 Å². The van der Waals surface area contributed by atoms with Gasteiger partial charge in [-0.15, -0.1) is 0 Å². The molecule has 0 saturated carbocycles. The van der Waals surface area contributed by atoms with Crippen LogP contribution >= 0.6 is 0 Å². The molecule has 0 atom stereocenters. The zero-order valence-corrected chi connectivity index (χ0v) is 10.3. The first kappa shape index (κ1) is 12.5. The largest absolute Gasteiger partial charge is 0.390 e. The average molecular weight is 240 g/mol. The molecule has 0 spiro atoms. The molecule has 0 aliphatic carbocycles. The fraction of sp³-hybridized carbons (Fsp3) is 0.833. The summed E-state index contributed by atoms with van der Waals surface area (Å²) in [6, 6.07) is 0. The molecule has 0 aromatic rings. The number of aliphatic hydroxyl groups is 1. The Morgan fingerprint density at radius 1 is 1.12 bits per heavy atom. The Balaban J connectivity index is 1.76. The second kappa shape index (κ2) is 4.74. The van der Waals surface area contributed by atoms with E-state index in [0.29, 0.717) is 19.4 Å². The van der Waals surface area contributed by atoms with Crippen LogP contribution in [0.1, 0.15) is 32.6 Å². The van der Waals surface area contributed by atoms with Gasteiger partial charge in [0.2, 0.25) is 11.8 Å². The molecule has 2 saturated heterocycles. The van der Waals surface area contributed by atoms with Crippen molar-refractivity contribution in [2.45, 2.75) is 38.2 Å². The van der Waals surface area contributed by atoms with Crippen LogP contribution in [0.4, 0.5) is 0 Å². The van der Waals surface area contributed by atoms with Gasteiger partial charge in [0.1, 0.15) is 0 Å². The van der Waals surface area contributed by atoms with Crippen LogP contribution in [0, 0.1) is 0 Å². The highest BCUT2D eigenvalue weighted by atomic mass is 16.3. The highest BCUT2D eigenvalue weighted by Crippen LogP contribution is 2.21. The number of nitrogens with zero attached hydrogens (tertiary/aromatic N) is 2. The Bertz CT molecular complexity index is 302. The summed E-state index contributed by atoms with van der Waals surface area (Å²) in [6.45, 7) is 4.76. The van der Waals surface area contributed by atoms with E-state index in [1.807, 2.05) is 6.92 Å². The maximum atomic E-state index is 11.4. The fourth-order valence-corrected chi connectivity index (χ4v) is 2.37. The second-order valence-corrected chi connectivity index (χ2v) is 5.28. The summed E-state index contributed by atoms with van der Waals surface area (Å²) in [7, 11) is 0. The second-order valence-electron chi connectivity index (χ2n) is 5.28. The lowest BCUT2D eigenvalue weighted by molar-refractivity contribution is -0.138.